The number of anilines is 1. The third kappa shape index (κ3) is 4.10. The largest absolute Gasteiger partial charge is 0.274 e. The topological polar surface area (TPSA) is 74.1 Å². The van der Waals surface area contributed by atoms with Crippen molar-refractivity contribution >= 4 is 29.3 Å². The van der Waals surface area contributed by atoms with E-state index in [-0.39, 0.29) is 18.2 Å². The summed E-state index contributed by atoms with van der Waals surface area (Å²) in [5, 5.41) is 9.33. The number of imide groups is 1. The van der Waals surface area contributed by atoms with Gasteiger partial charge in [-0.2, -0.15) is 5.26 Å². The number of aryl methyl sites for hydroxylation is 1. The van der Waals surface area contributed by atoms with Gasteiger partial charge in [-0.15, -0.1) is 0 Å². The molecule has 144 valence electrons. The summed E-state index contributed by atoms with van der Waals surface area (Å²) < 4.78 is 0. The predicted octanol–water partition coefficient (Wildman–Crippen LogP) is 4.45. The van der Waals surface area contributed by atoms with Crippen LogP contribution >= 0.6 is 11.8 Å². The van der Waals surface area contributed by atoms with Gasteiger partial charge >= 0.3 is 0 Å². The van der Waals surface area contributed by atoms with Crippen molar-refractivity contribution in [3.63, 3.8) is 0 Å². The Morgan fingerprint density at radius 2 is 1.93 bits per heavy atom. The number of hydrogen-bond donors (Lipinski definition) is 0. The number of nitriles is 1. The van der Waals surface area contributed by atoms with Crippen LogP contribution in [0.3, 0.4) is 0 Å². The standard InChI is InChI=1S/C22H23N3O2S/c1-4-5-17-9-6-16(13-23)21(24-17)28-19-12-20(26)25(22(19)27)18-10-7-15(8-11-18)14(2)3/h6-11,14,19H,4-5,12H2,1-3H3. The van der Waals surface area contributed by atoms with Gasteiger partial charge in [-0.1, -0.05) is 51.1 Å². The van der Waals surface area contributed by atoms with Gasteiger partial charge in [-0.05, 0) is 42.2 Å². The van der Waals surface area contributed by atoms with Gasteiger partial charge in [-0.25, -0.2) is 9.88 Å². The van der Waals surface area contributed by atoms with Crippen molar-refractivity contribution in [2.24, 2.45) is 0 Å². The number of rotatable bonds is 6. The van der Waals surface area contributed by atoms with Crippen molar-refractivity contribution in [1.82, 2.24) is 4.98 Å². The first-order valence-electron chi connectivity index (χ1n) is 9.48. The zero-order chi connectivity index (χ0) is 20.3. The summed E-state index contributed by atoms with van der Waals surface area (Å²) in [6.07, 6.45) is 1.87. The Balaban J connectivity index is 1.82. The van der Waals surface area contributed by atoms with Gasteiger partial charge in [0.25, 0.3) is 0 Å². The van der Waals surface area contributed by atoms with Crippen LogP contribution in [0.1, 0.15) is 56.4 Å². The van der Waals surface area contributed by atoms with Crippen LogP contribution in [0.5, 0.6) is 0 Å². The number of carbonyl (C=O) groups is 2. The van der Waals surface area contributed by atoms with E-state index in [1.54, 1.807) is 6.07 Å². The number of benzene rings is 1. The van der Waals surface area contributed by atoms with Gasteiger partial charge in [0.2, 0.25) is 11.8 Å². The molecule has 5 nitrogen and oxygen atoms in total. The lowest BCUT2D eigenvalue weighted by Crippen LogP contribution is -2.31. The number of thioether (sulfide) groups is 1. The smallest absolute Gasteiger partial charge is 0.247 e. The quantitative estimate of drug-likeness (QED) is 0.678. The lowest BCUT2D eigenvalue weighted by atomic mass is 10.0. The van der Waals surface area contributed by atoms with Crippen molar-refractivity contribution in [3.8, 4) is 6.07 Å². The molecule has 1 saturated heterocycles. The molecule has 1 atom stereocenters. The fourth-order valence-corrected chi connectivity index (χ4v) is 4.27. The molecule has 28 heavy (non-hydrogen) atoms. The second-order valence-corrected chi connectivity index (χ2v) is 8.33. The van der Waals surface area contributed by atoms with Gasteiger partial charge in [-0.3, -0.25) is 9.59 Å². The molecule has 3 rings (SSSR count). The van der Waals surface area contributed by atoms with E-state index in [0.717, 1.165) is 24.1 Å². The molecule has 1 aromatic heterocycles. The highest BCUT2D eigenvalue weighted by Crippen LogP contribution is 2.35. The molecule has 2 amide bonds. The summed E-state index contributed by atoms with van der Waals surface area (Å²) in [5.74, 6) is -0.0879. The molecule has 1 aliphatic rings. The van der Waals surface area contributed by atoms with Crippen LogP contribution in [-0.4, -0.2) is 22.0 Å². The summed E-state index contributed by atoms with van der Waals surface area (Å²) >= 11 is 1.22. The Kier molecular flexibility index (Phi) is 6.15. The minimum absolute atomic E-state index is 0.111. The highest BCUT2D eigenvalue weighted by Gasteiger charge is 2.40. The Hall–Kier alpha value is -2.65. The van der Waals surface area contributed by atoms with Crippen LogP contribution in [0, 0.1) is 11.3 Å². The Morgan fingerprint density at radius 3 is 2.54 bits per heavy atom. The van der Waals surface area contributed by atoms with E-state index in [1.165, 1.54) is 16.7 Å². The van der Waals surface area contributed by atoms with Crippen molar-refractivity contribution in [3.05, 3.63) is 53.2 Å². The number of hydrogen-bond acceptors (Lipinski definition) is 5. The predicted molar refractivity (Wildman–Crippen MR) is 110 cm³/mol. The summed E-state index contributed by atoms with van der Waals surface area (Å²) in [6.45, 7) is 6.26. The Morgan fingerprint density at radius 1 is 1.21 bits per heavy atom. The molecule has 2 aromatic rings. The van der Waals surface area contributed by atoms with Crippen molar-refractivity contribution in [2.45, 2.75) is 56.2 Å². The van der Waals surface area contributed by atoms with Crippen LogP contribution in [0.15, 0.2) is 41.4 Å². The molecule has 0 aliphatic carbocycles. The minimum Gasteiger partial charge on any atom is -0.274 e. The molecule has 6 heteroatoms. The summed E-state index contributed by atoms with van der Waals surface area (Å²) in [4.78, 5) is 31.3. The van der Waals surface area contributed by atoms with E-state index in [1.807, 2.05) is 30.3 Å². The molecule has 1 aromatic carbocycles. The normalized spacial score (nSPS) is 16.7. The van der Waals surface area contributed by atoms with Gasteiger partial charge in [0.15, 0.2) is 0 Å². The highest BCUT2D eigenvalue weighted by molar-refractivity contribution is 8.00. The number of pyridine rings is 1. The third-order valence-corrected chi connectivity index (χ3v) is 5.91. The number of nitrogens with zero attached hydrogens (tertiary/aromatic N) is 3. The van der Waals surface area contributed by atoms with Crippen LogP contribution < -0.4 is 4.90 Å². The first kappa shape index (κ1) is 20.1. The lowest BCUT2D eigenvalue weighted by Gasteiger charge is -2.16. The van der Waals surface area contributed by atoms with Crippen LogP contribution in [-0.2, 0) is 16.0 Å². The molecular weight excluding hydrogens is 370 g/mol. The lowest BCUT2D eigenvalue weighted by molar-refractivity contribution is -0.121. The van der Waals surface area contributed by atoms with Gasteiger partial charge < -0.3 is 0 Å². The molecule has 0 saturated carbocycles. The van der Waals surface area contributed by atoms with E-state index < -0.39 is 5.25 Å². The molecule has 1 aliphatic heterocycles. The van der Waals surface area contributed by atoms with Crippen molar-refractivity contribution in [1.29, 1.82) is 5.26 Å². The van der Waals surface area contributed by atoms with Crippen molar-refractivity contribution < 1.29 is 9.59 Å². The summed E-state index contributed by atoms with van der Waals surface area (Å²) in [7, 11) is 0. The molecule has 1 fully saturated rings. The average molecular weight is 394 g/mol. The number of amides is 2. The van der Waals surface area contributed by atoms with Crippen LogP contribution in [0.2, 0.25) is 0 Å². The van der Waals surface area contributed by atoms with E-state index in [4.69, 9.17) is 0 Å². The fourth-order valence-electron chi connectivity index (χ4n) is 3.16. The van der Waals surface area contributed by atoms with Gasteiger partial charge in [0.05, 0.1) is 16.5 Å². The monoisotopic (exact) mass is 393 g/mol. The number of carbonyl (C=O) groups excluding carboxylic acids is 2. The fraction of sp³-hybridized carbons (Fsp3) is 0.364. The highest BCUT2D eigenvalue weighted by atomic mass is 32.2. The van der Waals surface area contributed by atoms with E-state index in [9.17, 15) is 14.9 Å². The van der Waals surface area contributed by atoms with Crippen molar-refractivity contribution in [2.75, 3.05) is 4.90 Å². The minimum atomic E-state index is -0.561. The molecule has 0 N–H and O–H groups in total. The maximum Gasteiger partial charge on any atom is 0.247 e. The average Bonchev–Trinajstić information content (AvgIpc) is 2.95. The molecular formula is C22H23N3O2S. The molecule has 2 heterocycles. The molecule has 0 radical (unpaired) electrons. The maximum absolute atomic E-state index is 12.9. The molecule has 0 spiro atoms. The number of aromatic nitrogens is 1. The molecule has 1 unspecified atom stereocenters. The first-order chi connectivity index (χ1) is 13.4. The van der Waals surface area contributed by atoms with E-state index in [2.05, 4.69) is 31.8 Å². The Labute approximate surface area is 169 Å². The molecule has 0 bridgehead atoms. The maximum atomic E-state index is 12.9. The Bertz CT molecular complexity index is 932. The first-order valence-corrected chi connectivity index (χ1v) is 10.4. The summed E-state index contributed by atoms with van der Waals surface area (Å²) in [6, 6.07) is 13.2. The van der Waals surface area contributed by atoms with Gasteiger partial charge in [0.1, 0.15) is 11.1 Å². The SMILES string of the molecule is CCCc1ccc(C#N)c(SC2CC(=O)N(c3ccc(C(C)C)cc3)C2=O)n1. The van der Waals surface area contributed by atoms with E-state index >= 15 is 0 Å². The second-order valence-electron chi connectivity index (χ2n) is 7.14. The zero-order valence-electron chi connectivity index (χ0n) is 16.3. The third-order valence-electron chi connectivity index (χ3n) is 4.72. The second kappa shape index (κ2) is 8.57. The van der Waals surface area contributed by atoms with E-state index in [0.29, 0.717) is 22.2 Å². The summed E-state index contributed by atoms with van der Waals surface area (Å²) in [5.41, 5.74) is 3.08. The van der Waals surface area contributed by atoms with Gasteiger partial charge in [0, 0.05) is 12.1 Å². The van der Waals surface area contributed by atoms with Crippen LogP contribution in [0.4, 0.5) is 5.69 Å². The van der Waals surface area contributed by atoms with Crippen LogP contribution in [0.25, 0.3) is 0 Å². The zero-order valence-corrected chi connectivity index (χ0v) is 17.1.